The lowest BCUT2D eigenvalue weighted by Gasteiger charge is -2.15. The zero-order chi connectivity index (χ0) is 11.6. The molecule has 0 unspecified atom stereocenters. The Labute approximate surface area is 101 Å². The molecule has 0 aromatic heterocycles. The van der Waals surface area contributed by atoms with Crippen molar-refractivity contribution in [3.63, 3.8) is 0 Å². The van der Waals surface area contributed by atoms with E-state index in [0.717, 1.165) is 5.57 Å². The molecule has 1 aromatic rings. The predicted octanol–water partition coefficient (Wildman–Crippen LogP) is 3.23. The Morgan fingerprint density at radius 1 is 1.56 bits per heavy atom. The van der Waals surface area contributed by atoms with E-state index in [9.17, 15) is 9.50 Å². The fourth-order valence-corrected chi connectivity index (χ4v) is 1.53. The Balaban J connectivity index is 0.00000225. The van der Waals surface area contributed by atoms with Gasteiger partial charge in [-0.15, -0.1) is 19.0 Å². The van der Waals surface area contributed by atoms with E-state index in [0.29, 0.717) is 17.5 Å². The van der Waals surface area contributed by atoms with Crippen LogP contribution in [0.25, 0.3) is 0 Å². The molecule has 0 amide bonds. The number of hydrogen-bond acceptors (Lipinski definition) is 2. The first-order valence-electron chi connectivity index (χ1n) is 4.80. The van der Waals surface area contributed by atoms with Crippen molar-refractivity contribution in [1.82, 2.24) is 0 Å². The van der Waals surface area contributed by atoms with Crippen molar-refractivity contribution in [3.8, 4) is 5.75 Å². The average molecular weight is 246 g/mol. The quantitative estimate of drug-likeness (QED) is 0.804. The molecule has 0 saturated carbocycles. The Bertz CT molecular complexity index is 393. The van der Waals surface area contributed by atoms with Gasteiger partial charge in [-0.1, -0.05) is 5.57 Å². The summed E-state index contributed by atoms with van der Waals surface area (Å²) in [5.74, 6) is -0.303. The van der Waals surface area contributed by atoms with E-state index in [2.05, 4.69) is 6.58 Å². The number of nitrogens with two attached hydrogens (primary N) is 1. The summed E-state index contributed by atoms with van der Waals surface area (Å²) in [5, 5.41) is 9.73. The summed E-state index contributed by atoms with van der Waals surface area (Å²) in [4.78, 5) is 0. The van der Waals surface area contributed by atoms with Crippen LogP contribution in [-0.2, 0) is 0 Å². The summed E-state index contributed by atoms with van der Waals surface area (Å²) in [5.41, 5.74) is 7.70. The highest BCUT2D eigenvalue weighted by molar-refractivity contribution is 5.85. The van der Waals surface area contributed by atoms with E-state index in [4.69, 9.17) is 5.73 Å². The van der Waals surface area contributed by atoms with Crippen LogP contribution in [0.3, 0.4) is 0 Å². The second-order valence-corrected chi connectivity index (χ2v) is 3.93. The molecule has 4 heteroatoms. The van der Waals surface area contributed by atoms with Gasteiger partial charge >= 0.3 is 0 Å². The van der Waals surface area contributed by atoms with Crippen molar-refractivity contribution in [2.75, 3.05) is 0 Å². The average Bonchev–Trinajstić information content (AvgIpc) is 2.09. The van der Waals surface area contributed by atoms with Crippen LogP contribution >= 0.6 is 12.4 Å². The topological polar surface area (TPSA) is 46.2 Å². The van der Waals surface area contributed by atoms with E-state index in [-0.39, 0.29) is 24.0 Å². The minimum atomic E-state index is -0.406. The van der Waals surface area contributed by atoms with Crippen molar-refractivity contribution in [1.29, 1.82) is 0 Å². The summed E-state index contributed by atoms with van der Waals surface area (Å²) in [6.45, 7) is 7.24. The molecule has 0 radical (unpaired) electrons. The molecule has 0 fully saturated rings. The summed E-state index contributed by atoms with van der Waals surface area (Å²) in [6, 6.07) is 2.15. The fraction of sp³-hybridized carbons (Fsp3) is 0.333. The number of halogens is 2. The molecule has 0 bridgehead atoms. The van der Waals surface area contributed by atoms with E-state index < -0.39 is 6.04 Å². The summed E-state index contributed by atoms with van der Waals surface area (Å²) < 4.78 is 13.1. The van der Waals surface area contributed by atoms with Crippen LogP contribution in [0.1, 0.15) is 30.5 Å². The minimum Gasteiger partial charge on any atom is -0.507 e. The zero-order valence-electron chi connectivity index (χ0n) is 9.46. The first-order valence-corrected chi connectivity index (χ1v) is 4.80. The van der Waals surface area contributed by atoms with Crippen LogP contribution in [0, 0.1) is 12.7 Å². The first kappa shape index (κ1) is 14.9. The largest absolute Gasteiger partial charge is 0.507 e. The van der Waals surface area contributed by atoms with Crippen molar-refractivity contribution >= 4 is 12.4 Å². The van der Waals surface area contributed by atoms with Crippen LogP contribution in [0.5, 0.6) is 5.75 Å². The molecular formula is C12H17ClFNO. The van der Waals surface area contributed by atoms with E-state index >= 15 is 0 Å². The van der Waals surface area contributed by atoms with Gasteiger partial charge in [0, 0.05) is 11.6 Å². The lowest BCUT2D eigenvalue weighted by atomic mass is 9.98. The highest BCUT2D eigenvalue weighted by Gasteiger charge is 2.14. The van der Waals surface area contributed by atoms with Crippen LogP contribution < -0.4 is 5.73 Å². The lowest BCUT2D eigenvalue weighted by Crippen LogP contribution is -2.11. The number of aromatic hydroxyl groups is 1. The zero-order valence-corrected chi connectivity index (χ0v) is 10.3. The third-order valence-corrected chi connectivity index (χ3v) is 2.26. The van der Waals surface area contributed by atoms with Crippen molar-refractivity contribution in [3.05, 3.63) is 41.2 Å². The maximum atomic E-state index is 13.1. The standard InChI is InChI=1S/C12H16FNO.ClH/c1-7(2)4-11(14)10-6-9(13)5-8(3)12(10)15;/h5-6,11,15H,1,4,14H2,2-3H3;1H/t11-;/m1./s1. The summed E-state index contributed by atoms with van der Waals surface area (Å²) in [6.07, 6.45) is 0.538. The van der Waals surface area contributed by atoms with E-state index in [1.165, 1.54) is 12.1 Å². The highest BCUT2D eigenvalue weighted by Crippen LogP contribution is 2.30. The van der Waals surface area contributed by atoms with Gasteiger partial charge in [-0.3, -0.25) is 0 Å². The van der Waals surface area contributed by atoms with Crippen LogP contribution in [-0.4, -0.2) is 5.11 Å². The van der Waals surface area contributed by atoms with Gasteiger partial charge in [0.15, 0.2) is 0 Å². The molecule has 1 atom stereocenters. The maximum Gasteiger partial charge on any atom is 0.124 e. The van der Waals surface area contributed by atoms with Crippen molar-refractivity contribution in [2.45, 2.75) is 26.3 Å². The third kappa shape index (κ3) is 3.51. The van der Waals surface area contributed by atoms with Crippen LogP contribution in [0.15, 0.2) is 24.3 Å². The number of phenols is 1. The van der Waals surface area contributed by atoms with E-state index in [1.807, 2.05) is 6.92 Å². The lowest BCUT2D eigenvalue weighted by molar-refractivity contribution is 0.453. The van der Waals surface area contributed by atoms with E-state index in [1.54, 1.807) is 6.92 Å². The normalized spacial score (nSPS) is 11.8. The monoisotopic (exact) mass is 245 g/mol. The van der Waals surface area contributed by atoms with Gasteiger partial charge in [0.2, 0.25) is 0 Å². The number of hydrogen-bond donors (Lipinski definition) is 2. The Morgan fingerprint density at radius 3 is 2.62 bits per heavy atom. The molecule has 0 aliphatic heterocycles. The molecule has 1 aromatic carbocycles. The van der Waals surface area contributed by atoms with Gasteiger partial charge in [0.25, 0.3) is 0 Å². The Kier molecular flexibility index (Phi) is 5.48. The van der Waals surface area contributed by atoms with Gasteiger partial charge in [-0.2, -0.15) is 0 Å². The first-order chi connectivity index (χ1) is 6.91. The number of phenolic OH excluding ortho intramolecular Hbond substituents is 1. The molecule has 0 heterocycles. The maximum absolute atomic E-state index is 13.1. The minimum absolute atomic E-state index is 0. The SMILES string of the molecule is C=C(C)C[C@@H](N)c1cc(F)cc(C)c1O.Cl. The van der Waals surface area contributed by atoms with Gasteiger partial charge in [0.1, 0.15) is 11.6 Å². The Morgan fingerprint density at radius 2 is 2.12 bits per heavy atom. The number of rotatable bonds is 3. The smallest absolute Gasteiger partial charge is 0.124 e. The van der Waals surface area contributed by atoms with Crippen LogP contribution in [0.4, 0.5) is 4.39 Å². The third-order valence-electron chi connectivity index (χ3n) is 2.26. The second-order valence-electron chi connectivity index (χ2n) is 3.93. The fourth-order valence-electron chi connectivity index (χ4n) is 1.53. The van der Waals surface area contributed by atoms with Crippen LogP contribution in [0.2, 0.25) is 0 Å². The number of aryl methyl sites for hydroxylation is 1. The molecule has 1 rings (SSSR count). The molecule has 2 nitrogen and oxygen atoms in total. The molecule has 0 spiro atoms. The Hall–Kier alpha value is -1.06. The van der Waals surface area contributed by atoms with Gasteiger partial charge in [-0.05, 0) is 38.0 Å². The predicted molar refractivity (Wildman–Crippen MR) is 66.4 cm³/mol. The highest BCUT2D eigenvalue weighted by atomic mass is 35.5. The molecule has 90 valence electrons. The molecular weight excluding hydrogens is 229 g/mol. The molecule has 0 aliphatic carbocycles. The number of benzene rings is 1. The van der Waals surface area contributed by atoms with Crippen molar-refractivity contribution < 1.29 is 9.50 Å². The summed E-state index contributed by atoms with van der Waals surface area (Å²) >= 11 is 0. The van der Waals surface area contributed by atoms with Gasteiger partial charge in [0.05, 0.1) is 0 Å². The molecule has 16 heavy (non-hydrogen) atoms. The van der Waals surface area contributed by atoms with Crippen molar-refractivity contribution in [2.24, 2.45) is 5.73 Å². The van der Waals surface area contributed by atoms with Gasteiger partial charge in [-0.25, -0.2) is 4.39 Å². The molecule has 0 saturated heterocycles. The second kappa shape index (κ2) is 5.87. The molecule has 0 aliphatic rings. The molecule has 3 N–H and O–H groups in total. The summed E-state index contributed by atoms with van der Waals surface area (Å²) in [7, 11) is 0. The van der Waals surface area contributed by atoms with Gasteiger partial charge < -0.3 is 10.8 Å².